The molecule has 0 atom stereocenters. The predicted octanol–water partition coefficient (Wildman–Crippen LogP) is 3.84. The first-order valence-corrected chi connectivity index (χ1v) is 11.8. The first-order valence-electron chi connectivity index (χ1n) is 9.91. The number of aryl methyl sites for hydroxylation is 1. The number of amides is 3. The second kappa shape index (κ2) is 11.4. The molecule has 2 aromatic carbocycles. The minimum absolute atomic E-state index is 0.165. The average Bonchev–Trinajstić information content (AvgIpc) is 3.05. The van der Waals surface area contributed by atoms with Crippen molar-refractivity contribution in [3.8, 4) is 11.5 Å². The Labute approximate surface area is 213 Å². The molecule has 9 nitrogen and oxygen atoms in total. The molecule has 0 saturated carbocycles. The molecule has 1 saturated heterocycles. The zero-order valence-electron chi connectivity index (χ0n) is 18.5. The van der Waals surface area contributed by atoms with E-state index in [1.807, 2.05) is 47.7 Å². The van der Waals surface area contributed by atoms with Crippen molar-refractivity contribution in [2.75, 3.05) is 32.7 Å². The summed E-state index contributed by atoms with van der Waals surface area (Å²) < 4.78 is 16.3. The Hall–Kier alpha value is -3.06. The zero-order chi connectivity index (χ0) is 24.8. The molecule has 0 aliphatic carbocycles. The molecule has 178 valence electrons. The fraction of sp³-hybridized carbons (Fsp3) is 0.217. The van der Waals surface area contributed by atoms with Crippen LogP contribution in [-0.2, 0) is 19.1 Å². The van der Waals surface area contributed by atoms with Gasteiger partial charge in [-0.25, -0.2) is 0 Å². The van der Waals surface area contributed by atoms with Crippen molar-refractivity contribution in [1.82, 2.24) is 4.90 Å². The molecule has 0 radical (unpaired) electrons. The quantitative estimate of drug-likeness (QED) is 0.278. The number of hydrogen-bond acceptors (Lipinski definition) is 8. The van der Waals surface area contributed by atoms with E-state index < -0.39 is 23.7 Å². The minimum Gasteiger partial charge on any atom is -0.493 e. The molecule has 3 rings (SSSR count). The van der Waals surface area contributed by atoms with Crippen LogP contribution >= 0.6 is 34.4 Å². The van der Waals surface area contributed by atoms with Gasteiger partial charge >= 0.3 is 5.97 Å². The van der Waals surface area contributed by atoms with Gasteiger partial charge in [0.15, 0.2) is 18.1 Å². The molecule has 1 fully saturated rings. The van der Waals surface area contributed by atoms with Gasteiger partial charge in [-0.2, -0.15) is 0 Å². The van der Waals surface area contributed by atoms with Crippen LogP contribution in [0.25, 0.3) is 6.08 Å². The lowest BCUT2D eigenvalue weighted by Gasteiger charge is -2.14. The monoisotopic (exact) mass is 596 g/mol. The first-order chi connectivity index (χ1) is 16.2. The summed E-state index contributed by atoms with van der Waals surface area (Å²) in [6.45, 7) is 1.25. The Morgan fingerprint density at radius 2 is 1.94 bits per heavy atom. The van der Waals surface area contributed by atoms with Crippen molar-refractivity contribution >= 4 is 69.1 Å². The van der Waals surface area contributed by atoms with Crippen LogP contribution in [0, 0.1) is 10.5 Å². The van der Waals surface area contributed by atoms with E-state index in [4.69, 9.17) is 9.47 Å². The molecular formula is C23H21IN2O7S. The molecule has 11 heteroatoms. The third-order valence-corrected chi connectivity index (χ3v) is 6.30. The van der Waals surface area contributed by atoms with Gasteiger partial charge in [-0.15, -0.1) is 0 Å². The second-order valence-electron chi connectivity index (χ2n) is 7.08. The lowest BCUT2D eigenvalue weighted by molar-refractivity contribution is -0.143. The molecule has 0 unspecified atom stereocenters. The third-order valence-electron chi connectivity index (χ3n) is 4.59. The first kappa shape index (κ1) is 25.6. The topological polar surface area (TPSA) is 111 Å². The Bertz CT molecular complexity index is 1180. The van der Waals surface area contributed by atoms with Gasteiger partial charge in [0.2, 0.25) is 0 Å². The Balaban J connectivity index is 1.73. The third kappa shape index (κ3) is 6.29. The summed E-state index contributed by atoms with van der Waals surface area (Å²) in [5.74, 6) is -0.865. The molecule has 2 aromatic rings. The largest absolute Gasteiger partial charge is 0.493 e. The molecule has 0 bridgehead atoms. The number of nitrogens with zero attached hydrogens (tertiary/aromatic N) is 1. The summed E-state index contributed by atoms with van der Waals surface area (Å²) in [5.41, 5.74) is 2.28. The second-order valence-corrected chi connectivity index (χ2v) is 9.24. The Morgan fingerprint density at radius 1 is 1.18 bits per heavy atom. The average molecular weight is 596 g/mol. The van der Waals surface area contributed by atoms with Gasteiger partial charge in [0.05, 0.1) is 22.7 Å². The molecule has 1 aliphatic rings. The smallest absolute Gasteiger partial charge is 0.325 e. The number of nitrogens with one attached hydrogen (secondary N) is 1. The number of carbonyl (C=O) groups excluding carboxylic acids is 4. The summed E-state index contributed by atoms with van der Waals surface area (Å²) in [4.78, 5) is 49.4. The minimum atomic E-state index is -0.687. The highest BCUT2D eigenvalue weighted by molar-refractivity contribution is 14.1. The highest BCUT2D eigenvalue weighted by Gasteiger charge is 2.36. The molecule has 1 heterocycles. The van der Waals surface area contributed by atoms with Gasteiger partial charge in [-0.3, -0.25) is 24.1 Å². The molecule has 1 N–H and O–H groups in total. The van der Waals surface area contributed by atoms with Crippen LogP contribution in [0.1, 0.15) is 11.1 Å². The number of thioether (sulfide) groups is 1. The van der Waals surface area contributed by atoms with Crippen LogP contribution in [0.2, 0.25) is 0 Å². The van der Waals surface area contributed by atoms with E-state index in [1.54, 1.807) is 18.2 Å². The van der Waals surface area contributed by atoms with Crippen molar-refractivity contribution < 1.29 is 33.4 Å². The summed E-state index contributed by atoms with van der Waals surface area (Å²) in [6, 6.07) is 10.8. The van der Waals surface area contributed by atoms with Gasteiger partial charge < -0.3 is 19.5 Å². The number of hydrogen-bond donors (Lipinski definition) is 1. The summed E-state index contributed by atoms with van der Waals surface area (Å²) in [5, 5.41) is 2.22. The lowest BCUT2D eigenvalue weighted by atomic mass is 10.2. The number of imide groups is 1. The molecule has 1 aliphatic heterocycles. The van der Waals surface area contributed by atoms with Crippen molar-refractivity contribution in [3.63, 3.8) is 0 Å². The van der Waals surface area contributed by atoms with Crippen LogP contribution in [0.5, 0.6) is 11.5 Å². The van der Waals surface area contributed by atoms with E-state index in [-0.39, 0.29) is 17.4 Å². The number of ether oxygens (including phenoxy) is 3. The van der Waals surface area contributed by atoms with Crippen molar-refractivity contribution in [3.05, 3.63) is 56.0 Å². The molecule has 3 amide bonds. The van der Waals surface area contributed by atoms with Crippen LogP contribution in [0.15, 0.2) is 41.3 Å². The normalized spacial score (nSPS) is 14.4. The van der Waals surface area contributed by atoms with Crippen molar-refractivity contribution in [1.29, 1.82) is 0 Å². The van der Waals surface area contributed by atoms with E-state index in [0.717, 1.165) is 22.2 Å². The van der Waals surface area contributed by atoms with Gasteiger partial charge in [-0.05, 0) is 82.7 Å². The fourth-order valence-corrected chi connectivity index (χ4v) is 4.62. The number of anilines is 1. The van der Waals surface area contributed by atoms with Crippen LogP contribution < -0.4 is 14.8 Å². The number of esters is 1. The SMILES string of the molecule is COC(=O)CN1C(=O)S/C(=C\c2cc(I)c(OCC(=O)Nc3cccc(C)c3)c(OC)c2)C1=O. The van der Waals surface area contributed by atoms with E-state index >= 15 is 0 Å². The van der Waals surface area contributed by atoms with E-state index in [9.17, 15) is 19.2 Å². The van der Waals surface area contributed by atoms with Gasteiger partial charge in [-0.1, -0.05) is 12.1 Å². The zero-order valence-corrected chi connectivity index (χ0v) is 21.5. The van der Waals surface area contributed by atoms with E-state index in [0.29, 0.717) is 26.3 Å². The van der Waals surface area contributed by atoms with Crippen LogP contribution in [0.3, 0.4) is 0 Å². The van der Waals surface area contributed by atoms with Gasteiger partial charge in [0.1, 0.15) is 6.54 Å². The summed E-state index contributed by atoms with van der Waals surface area (Å²) >= 11 is 2.77. The maximum Gasteiger partial charge on any atom is 0.325 e. The summed E-state index contributed by atoms with van der Waals surface area (Å²) in [6.07, 6.45) is 1.53. The lowest BCUT2D eigenvalue weighted by Crippen LogP contribution is -2.34. The number of rotatable bonds is 8. The number of methoxy groups -OCH3 is 2. The van der Waals surface area contributed by atoms with Crippen LogP contribution in [-0.4, -0.2) is 55.3 Å². The maximum absolute atomic E-state index is 12.5. The molecule has 0 aromatic heterocycles. The van der Waals surface area contributed by atoms with Crippen LogP contribution in [0.4, 0.5) is 10.5 Å². The predicted molar refractivity (Wildman–Crippen MR) is 136 cm³/mol. The molecule has 34 heavy (non-hydrogen) atoms. The van der Waals surface area contributed by atoms with Crippen molar-refractivity contribution in [2.24, 2.45) is 0 Å². The number of carbonyl (C=O) groups is 4. The van der Waals surface area contributed by atoms with Gasteiger partial charge in [0.25, 0.3) is 17.1 Å². The molecule has 0 spiro atoms. The Morgan fingerprint density at radius 3 is 2.62 bits per heavy atom. The van der Waals surface area contributed by atoms with Gasteiger partial charge in [0, 0.05) is 5.69 Å². The standard InChI is InChI=1S/C23H21IN2O7S/c1-13-5-4-6-15(7-13)25-19(27)12-33-21-16(24)8-14(9-17(21)31-2)10-18-22(29)26(23(30)34-18)11-20(28)32-3/h4-10H,11-12H2,1-3H3,(H,25,27)/b18-10-. The maximum atomic E-state index is 12.5. The van der Waals surface area contributed by atoms with E-state index in [2.05, 4.69) is 10.1 Å². The highest BCUT2D eigenvalue weighted by Crippen LogP contribution is 2.37. The molecular weight excluding hydrogens is 575 g/mol. The fourth-order valence-electron chi connectivity index (χ4n) is 3.00. The number of benzene rings is 2. The highest BCUT2D eigenvalue weighted by atomic mass is 127. The van der Waals surface area contributed by atoms with E-state index in [1.165, 1.54) is 20.3 Å². The summed E-state index contributed by atoms with van der Waals surface area (Å²) in [7, 11) is 2.64. The van der Waals surface area contributed by atoms with Crippen molar-refractivity contribution in [2.45, 2.75) is 6.92 Å². The Kier molecular flexibility index (Phi) is 8.56. The number of halogens is 1.